The number of sulfone groups is 1. The molecule has 2 rings (SSSR count). The van der Waals surface area contributed by atoms with Gasteiger partial charge >= 0.3 is 0 Å². The Labute approximate surface area is 153 Å². The number of carbonyl (C=O) groups excluding carboxylic acids is 1. The molecular weight excluding hydrogens is 360 g/mol. The normalized spacial score (nSPS) is 12.5. The fourth-order valence-corrected chi connectivity index (χ4v) is 4.21. The Bertz CT molecular complexity index is 832. The van der Waals surface area contributed by atoms with Gasteiger partial charge in [0.1, 0.15) is 5.25 Å². The monoisotopic (exact) mass is 380 g/mol. The summed E-state index contributed by atoms with van der Waals surface area (Å²) in [5.41, 5.74) is 1.58. The Morgan fingerprint density at radius 3 is 2.12 bits per heavy atom. The molecule has 5 nitrogen and oxygen atoms in total. The minimum absolute atomic E-state index is 0.00159. The average Bonchev–Trinajstić information content (AvgIpc) is 2.55. The van der Waals surface area contributed by atoms with Gasteiger partial charge in [-0.3, -0.25) is 4.79 Å². The molecule has 0 radical (unpaired) electrons. The standard InChI is InChI=1S/C18H21ClN2O3S/c1-13(22)20-12-18(14-4-8-16(9-5-14)21(2)3)25(23,24)17-10-6-15(19)7-11-17/h4-11,18H,12H2,1-3H3,(H,20,22)/t18-/m0/s1. The number of nitrogens with one attached hydrogen (secondary N) is 1. The smallest absolute Gasteiger partial charge is 0.216 e. The number of nitrogens with zero attached hydrogens (tertiary/aromatic N) is 1. The Kier molecular flexibility index (Phi) is 6.08. The molecule has 7 heteroatoms. The summed E-state index contributed by atoms with van der Waals surface area (Å²) >= 11 is 5.85. The molecule has 2 aromatic carbocycles. The zero-order valence-corrected chi connectivity index (χ0v) is 15.9. The molecular formula is C18H21ClN2O3S. The maximum Gasteiger partial charge on any atom is 0.216 e. The molecule has 0 saturated carbocycles. The lowest BCUT2D eigenvalue weighted by molar-refractivity contribution is -0.118. The molecule has 1 N–H and O–H groups in total. The van der Waals surface area contributed by atoms with Crippen LogP contribution in [0.15, 0.2) is 53.4 Å². The molecule has 0 unspecified atom stereocenters. The van der Waals surface area contributed by atoms with E-state index in [1.54, 1.807) is 24.3 Å². The number of benzene rings is 2. The number of hydrogen-bond acceptors (Lipinski definition) is 4. The van der Waals surface area contributed by atoms with Gasteiger partial charge in [-0.15, -0.1) is 0 Å². The van der Waals surface area contributed by atoms with Crippen molar-refractivity contribution >= 4 is 33.0 Å². The largest absolute Gasteiger partial charge is 0.378 e. The van der Waals surface area contributed by atoms with Crippen LogP contribution in [0.3, 0.4) is 0 Å². The van der Waals surface area contributed by atoms with Crippen LogP contribution in [-0.4, -0.2) is 35.0 Å². The molecule has 1 amide bonds. The van der Waals surface area contributed by atoms with Crippen LogP contribution in [0.25, 0.3) is 0 Å². The van der Waals surface area contributed by atoms with Gasteiger partial charge in [-0.2, -0.15) is 0 Å². The van der Waals surface area contributed by atoms with Crippen molar-refractivity contribution in [3.05, 3.63) is 59.1 Å². The Balaban J connectivity index is 2.44. The SMILES string of the molecule is CC(=O)NC[C@@H](c1ccc(N(C)C)cc1)S(=O)(=O)c1ccc(Cl)cc1. The third-order valence-electron chi connectivity index (χ3n) is 3.83. The summed E-state index contributed by atoms with van der Waals surface area (Å²) in [5, 5.41) is 2.20. The molecule has 2 aromatic rings. The summed E-state index contributed by atoms with van der Waals surface area (Å²) in [4.78, 5) is 13.4. The number of rotatable bonds is 6. The molecule has 0 aromatic heterocycles. The van der Waals surface area contributed by atoms with Gasteiger partial charge < -0.3 is 10.2 Å². The Hall–Kier alpha value is -2.05. The highest BCUT2D eigenvalue weighted by atomic mass is 35.5. The van der Waals surface area contributed by atoms with Gasteiger partial charge in [0.15, 0.2) is 9.84 Å². The fraction of sp³-hybridized carbons (Fsp3) is 0.278. The van der Waals surface area contributed by atoms with Crippen LogP contribution in [-0.2, 0) is 14.6 Å². The molecule has 0 spiro atoms. The molecule has 0 bridgehead atoms. The molecule has 0 aliphatic heterocycles. The predicted octanol–water partition coefficient (Wildman–Crippen LogP) is 3.06. The first-order chi connectivity index (χ1) is 11.7. The van der Waals surface area contributed by atoms with E-state index in [-0.39, 0.29) is 17.3 Å². The zero-order valence-electron chi connectivity index (χ0n) is 14.4. The van der Waals surface area contributed by atoms with E-state index < -0.39 is 15.1 Å². The van der Waals surface area contributed by atoms with Crippen molar-refractivity contribution in [3.63, 3.8) is 0 Å². The molecule has 134 valence electrons. The van der Waals surface area contributed by atoms with Crippen LogP contribution in [0.5, 0.6) is 0 Å². The maximum atomic E-state index is 13.1. The van der Waals surface area contributed by atoms with Crippen LogP contribution in [0.4, 0.5) is 5.69 Å². The molecule has 0 fully saturated rings. The number of carbonyl (C=O) groups is 1. The van der Waals surface area contributed by atoms with Crippen LogP contribution >= 0.6 is 11.6 Å². The number of hydrogen-bond donors (Lipinski definition) is 1. The first-order valence-corrected chi connectivity index (χ1v) is 9.65. The Morgan fingerprint density at radius 2 is 1.64 bits per heavy atom. The van der Waals surface area contributed by atoms with E-state index in [4.69, 9.17) is 11.6 Å². The summed E-state index contributed by atoms with van der Waals surface area (Å²) in [6.07, 6.45) is 0. The third-order valence-corrected chi connectivity index (χ3v) is 6.20. The summed E-state index contributed by atoms with van der Waals surface area (Å²) in [7, 11) is 0.135. The van der Waals surface area contributed by atoms with E-state index in [1.165, 1.54) is 19.1 Å². The highest BCUT2D eigenvalue weighted by Crippen LogP contribution is 2.30. The second kappa shape index (κ2) is 7.89. The van der Waals surface area contributed by atoms with Crippen molar-refractivity contribution in [2.75, 3.05) is 25.5 Å². The van der Waals surface area contributed by atoms with E-state index in [2.05, 4.69) is 5.32 Å². The van der Waals surface area contributed by atoms with Crippen molar-refractivity contribution in [1.29, 1.82) is 0 Å². The Morgan fingerprint density at radius 1 is 1.08 bits per heavy atom. The number of anilines is 1. The molecule has 0 aliphatic rings. The lowest BCUT2D eigenvalue weighted by Crippen LogP contribution is -2.30. The average molecular weight is 381 g/mol. The van der Waals surface area contributed by atoms with Crippen molar-refractivity contribution < 1.29 is 13.2 Å². The van der Waals surface area contributed by atoms with Crippen LogP contribution < -0.4 is 10.2 Å². The predicted molar refractivity (Wildman–Crippen MR) is 101 cm³/mol. The van der Waals surface area contributed by atoms with Crippen molar-refractivity contribution in [3.8, 4) is 0 Å². The zero-order chi connectivity index (χ0) is 18.6. The van der Waals surface area contributed by atoms with E-state index in [1.807, 2.05) is 31.1 Å². The van der Waals surface area contributed by atoms with Gasteiger partial charge in [0.25, 0.3) is 0 Å². The first-order valence-electron chi connectivity index (χ1n) is 7.73. The first kappa shape index (κ1) is 19.3. The number of halogens is 1. The van der Waals surface area contributed by atoms with Crippen LogP contribution in [0.1, 0.15) is 17.7 Å². The van der Waals surface area contributed by atoms with Gasteiger partial charge in [0, 0.05) is 38.3 Å². The third kappa shape index (κ3) is 4.74. The topological polar surface area (TPSA) is 66.5 Å². The van der Waals surface area contributed by atoms with Crippen molar-refractivity contribution in [2.24, 2.45) is 0 Å². The summed E-state index contributed by atoms with van der Waals surface area (Å²) in [6, 6.07) is 13.3. The van der Waals surface area contributed by atoms with Gasteiger partial charge in [-0.25, -0.2) is 8.42 Å². The quantitative estimate of drug-likeness (QED) is 0.836. The van der Waals surface area contributed by atoms with E-state index >= 15 is 0 Å². The van der Waals surface area contributed by atoms with Crippen LogP contribution in [0, 0.1) is 0 Å². The van der Waals surface area contributed by atoms with Crippen LogP contribution in [0.2, 0.25) is 5.02 Å². The van der Waals surface area contributed by atoms with E-state index in [0.29, 0.717) is 10.6 Å². The van der Waals surface area contributed by atoms with E-state index in [9.17, 15) is 13.2 Å². The second-order valence-corrected chi connectivity index (χ2v) is 8.48. The van der Waals surface area contributed by atoms with Crippen molar-refractivity contribution in [2.45, 2.75) is 17.1 Å². The lowest BCUT2D eigenvalue weighted by Gasteiger charge is -2.20. The van der Waals surface area contributed by atoms with Crippen molar-refractivity contribution in [1.82, 2.24) is 5.32 Å². The summed E-state index contributed by atoms with van der Waals surface area (Å²) < 4.78 is 26.1. The minimum atomic E-state index is -3.69. The second-order valence-electron chi connectivity index (χ2n) is 5.91. The molecule has 0 heterocycles. The number of amides is 1. The van der Waals surface area contributed by atoms with Gasteiger partial charge in [0.2, 0.25) is 5.91 Å². The highest BCUT2D eigenvalue weighted by molar-refractivity contribution is 7.91. The van der Waals surface area contributed by atoms with Gasteiger partial charge in [-0.1, -0.05) is 23.7 Å². The summed E-state index contributed by atoms with van der Waals surface area (Å²) in [5.74, 6) is -0.277. The maximum absolute atomic E-state index is 13.1. The molecule has 25 heavy (non-hydrogen) atoms. The minimum Gasteiger partial charge on any atom is -0.378 e. The van der Waals surface area contributed by atoms with E-state index in [0.717, 1.165) is 5.69 Å². The van der Waals surface area contributed by atoms with Gasteiger partial charge in [-0.05, 0) is 42.0 Å². The lowest BCUT2D eigenvalue weighted by atomic mass is 10.1. The highest BCUT2D eigenvalue weighted by Gasteiger charge is 2.29. The molecule has 0 aliphatic carbocycles. The molecule has 1 atom stereocenters. The van der Waals surface area contributed by atoms with Gasteiger partial charge in [0.05, 0.1) is 4.90 Å². The summed E-state index contributed by atoms with van der Waals surface area (Å²) in [6.45, 7) is 1.36. The fourth-order valence-electron chi connectivity index (χ4n) is 2.42. The molecule has 0 saturated heterocycles.